The first-order valence-electron chi connectivity index (χ1n) is 6.37. The highest BCUT2D eigenvalue weighted by molar-refractivity contribution is 5.95. The zero-order valence-electron chi connectivity index (χ0n) is 11.9. The zero-order valence-corrected chi connectivity index (χ0v) is 11.9. The lowest BCUT2D eigenvalue weighted by Crippen LogP contribution is -2.27. The number of hydrogen-bond acceptors (Lipinski definition) is 3. The highest BCUT2D eigenvalue weighted by Gasteiger charge is 2.04. The van der Waals surface area contributed by atoms with Crippen LogP contribution >= 0.6 is 0 Å². The molecule has 0 unspecified atom stereocenters. The van der Waals surface area contributed by atoms with Crippen LogP contribution in [0.25, 0.3) is 0 Å². The van der Waals surface area contributed by atoms with Crippen molar-refractivity contribution >= 4 is 17.5 Å². The summed E-state index contributed by atoms with van der Waals surface area (Å²) in [5.74, 6) is -0.310. The molecule has 0 saturated carbocycles. The molecule has 0 spiro atoms. The Morgan fingerprint density at radius 2 is 1.85 bits per heavy atom. The summed E-state index contributed by atoms with van der Waals surface area (Å²) in [6.07, 6.45) is 0. The maximum atomic E-state index is 11.8. The number of rotatable bonds is 7. The molecule has 0 aromatic heterocycles. The van der Waals surface area contributed by atoms with Gasteiger partial charge in [0.05, 0.1) is 13.2 Å². The van der Waals surface area contributed by atoms with Crippen LogP contribution < -0.4 is 10.6 Å². The molecule has 0 saturated heterocycles. The molecule has 0 bridgehead atoms. The summed E-state index contributed by atoms with van der Waals surface area (Å²) in [6.45, 7) is 8.43. The van der Waals surface area contributed by atoms with E-state index in [9.17, 15) is 9.59 Å². The average molecular weight is 276 g/mol. The first kappa shape index (κ1) is 15.9. The van der Waals surface area contributed by atoms with E-state index in [0.29, 0.717) is 31.0 Å². The lowest BCUT2D eigenvalue weighted by Gasteiger charge is -2.07. The molecule has 0 fully saturated rings. The van der Waals surface area contributed by atoms with Gasteiger partial charge < -0.3 is 15.4 Å². The third-order valence-electron chi connectivity index (χ3n) is 2.35. The number of hydrogen-bond donors (Lipinski definition) is 2. The van der Waals surface area contributed by atoms with Crippen molar-refractivity contribution < 1.29 is 14.3 Å². The molecule has 2 N–H and O–H groups in total. The Kier molecular flexibility index (Phi) is 6.46. The summed E-state index contributed by atoms with van der Waals surface area (Å²) < 4.78 is 5.28. The van der Waals surface area contributed by atoms with Gasteiger partial charge in [-0.15, -0.1) is 0 Å². The van der Waals surface area contributed by atoms with Gasteiger partial charge >= 0.3 is 0 Å². The van der Waals surface area contributed by atoms with E-state index in [0.717, 1.165) is 5.57 Å². The molecule has 1 aromatic carbocycles. The SMILES string of the molecule is C=C(C)COCCNC(=O)c1ccc(NC(C)=O)cc1. The van der Waals surface area contributed by atoms with E-state index in [1.807, 2.05) is 6.92 Å². The van der Waals surface area contributed by atoms with Gasteiger partial charge in [0.15, 0.2) is 0 Å². The van der Waals surface area contributed by atoms with Gasteiger partial charge in [-0.1, -0.05) is 12.2 Å². The Hall–Kier alpha value is -2.14. The molecular formula is C15H20N2O3. The smallest absolute Gasteiger partial charge is 0.251 e. The number of ether oxygens (including phenoxy) is 1. The van der Waals surface area contributed by atoms with Crippen LogP contribution in [0, 0.1) is 0 Å². The van der Waals surface area contributed by atoms with Gasteiger partial charge in [0.25, 0.3) is 5.91 Å². The van der Waals surface area contributed by atoms with Gasteiger partial charge in [0.2, 0.25) is 5.91 Å². The van der Waals surface area contributed by atoms with E-state index >= 15 is 0 Å². The molecule has 0 aliphatic carbocycles. The summed E-state index contributed by atoms with van der Waals surface area (Å²) in [7, 11) is 0. The van der Waals surface area contributed by atoms with Gasteiger partial charge in [0, 0.05) is 24.7 Å². The van der Waals surface area contributed by atoms with Crippen molar-refractivity contribution in [3.8, 4) is 0 Å². The van der Waals surface area contributed by atoms with Crippen molar-refractivity contribution in [1.82, 2.24) is 5.32 Å². The Morgan fingerprint density at radius 3 is 2.40 bits per heavy atom. The Bertz CT molecular complexity index is 480. The van der Waals surface area contributed by atoms with Crippen molar-refractivity contribution in [3.63, 3.8) is 0 Å². The Balaban J connectivity index is 2.36. The van der Waals surface area contributed by atoms with E-state index in [1.165, 1.54) is 6.92 Å². The first-order valence-corrected chi connectivity index (χ1v) is 6.37. The molecule has 20 heavy (non-hydrogen) atoms. The summed E-state index contributed by atoms with van der Waals surface area (Å²) in [4.78, 5) is 22.7. The minimum Gasteiger partial charge on any atom is -0.375 e. The predicted molar refractivity (Wildman–Crippen MR) is 78.7 cm³/mol. The summed E-state index contributed by atoms with van der Waals surface area (Å²) in [5, 5.41) is 5.39. The Morgan fingerprint density at radius 1 is 1.20 bits per heavy atom. The summed E-state index contributed by atoms with van der Waals surface area (Å²) in [6, 6.07) is 6.70. The van der Waals surface area contributed by atoms with E-state index in [1.54, 1.807) is 24.3 Å². The number of nitrogens with one attached hydrogen (secondary N) is 2. The number of anilines is 1. The van der Waals surface area contributed by atoms with Crippen LogP contribution in [0.2, 0.25) is 0 Å². The molecule has 1 rings (SSSR count). The van der Waals surface area contributed by atoms with Crippen molar-refractivity contribution in [2.24, 2.45) is 0 Å². The maximum absolute atomic E-state index is 11.8. The lowest BCUT2D eigenvalue weighted by atomic mass is 10.2. The first-order chi connectivity index (χ1) is 9.49. The second-order valence-corrected chi connectivity index (χ2v) is 4.52. The molecular weight excluding hydrogens is 256 g/mol. The van der Waals surface area contributed by atoms with E-state index in [-0.39, 0.29) is 11.8 Å². The van der Waals surface area contributed by atoms with Crippen LogP contribution in [0.4, 0.5) is 5.69 Å². The molecule has 2 amide bonds. The highest BCUT2D eigenvalue weighted by Crippen LogP contribution is 2.09. The molecule has 1 aromatic rings. The highest BCUT2D eigenvalue weighted by atomic mass is 16.5. The largest absolute Gasteiger partial charge is 0.375 e. The van der Waals surface area contributed by atoms with Crippen LogP contribution in [-0.4, -0.2) is 31.6 Å². The standard InChI is InChI=1S/C15H20N2O3/c1-11(2)10-20-9-8-16-15(19)13-4-6-14(7-5-13)17-12(3)18/h4-7H,1,8-10H2,2-3H3,(H,16,19)(H,17,18). The molecule has 108 valence electrons. The van der Waals surface area contributed by atoms with Crippen molar-refractivity contribution in [2.45, 2.75) is 13.8 Å². The fraction of sp³-hybridized carbons (Fsp3) is 0.333. The van der Waals surface area contributed by atoms with E-state index in [2.05, 4.69) is 17.2 Å². The zero-order chi connectivity index (χ0) is 15.0. The van der Waals surface area contributed by atoms with Gasteiger partial charge in [-0.2, -0.15) is 0 Å². The monoisotopic (exact) mass is 276 g/mol. The molecule has 0 radical (unpaired) electrons. The molecule has 0 heterocycles. The third kappa shape index (κ3) is 6.15. The van der Waals surface area contributed by atoms with Gasteiger partial charge in [0.1, 0.15) is 0 Å². The molecule has 5 heteroatoms. The number of amides is 2. The van der Waals surface area contributed by atoms with E-state index < -0.39 is 0 Å². The number of carbonyl (C=O) groups excluding carboxylic acids is 2. The fourth-order valence-electron chi connectivity index (χ4n) is 1.49. The van der Waals surface area contributed by atoms with Crippen molar-refractivity contribution in [1.29, 1.82) is 0 Å². The van der Waals surface area contributed by atoms with Gasteiger partial charge in [-0.05, 0) is 31.2 Å². The van der Waals surface area contributed by atoms with Crippen molar-refractivity contribution in [3.05, 3.63) is 42.0 Å². The third-order valence-corrected chi connectivity index (χ3v) is 2.35. The Labute approximate surface area is 119 Å². The second-order valence-electron chi connectivity index (χ2n) is 4.52. The number of benzene rings is 1. The van der Waals surface area contributed by atoms with Crippen LogP contribution in [0.5, 0.6) is 0 Å². The predicted octanol–water partition coefficient (Wildman–Crippen LogP) is 1.97. The van der Waals surface area contributed by atoms with E-state index in [4.69, 9.17) is 4.74 Å². The topological polar surface area (TPSA) is 67.4 Å². The summed E-state index contributed by atoms with van der Waals surface area (Å²) >= 11 is 0. The summed E-state index contributed by atoms with van der Waals surface area (Å²) in [5.41, 5.74) is 2.16. The van der Waals surface area contributed by atoms with Crippen LogP contribution in [-0.2, 0) is 9.53 Å². The quantitative estimate of drug-likeness (QED) is 0.591. The van der Waals surface area contributed by atoms with Crippen molar-refractivity contribution in [2.75, 3.05) is 25.1 Å². The molecule has 0 atom stereocenters. The van der Waals surface area contributed by atoms with Crippen LogP contribution in [0.15, 0.2) is 36.4 Å². The number of carbonyl (C=O) groups is 2. The van der Waals surface area contributed by atoms with Gasteiger partial charge in [-0.25, -0.2) is 0 Å². The van der Waals surface area contributed by atoms with Crippen LogP contribution in [0.1, 0.15) is 24.2 Å². The van der Waals surface area contributed by atoms with Crippen LogP contribution in [0.3, 0.4) is 0 Å². The minimum atomic E-state index is -0.168. The second kappa shape index (κ2) is 8.12. The minimum absolute atomic E-state index is 0.142. The molecule has 5 nitrogen and oxygen atoms in total. The molecule has 0 aliphatic heterocycles. The lowest BCUT2D eigenvalue weighted by molar-refractivity contribution is -0.114. The average Bonchev–Trinajstić information content (AvgIpc) is 2.38. The normalized spacial score (nSPS) is 9.90. The fourth-order valence-corrected chi connectivity index (χ4v) is 1.49. The molecule has 0 aliphatic rings. The maximum Gasteiger partial charge on any atom is 0.251 e. The van der Waals surface area contributed by atoms with Gasteiger partial charge in [-0.3, -0.25) is 9.59 Å².